The molecule has 4 heteroatoms. The minimum atomic E-state index is -2.70. The van der Waals surface area contributed by atoms with E-state index in [1.807, 2.05) is 6.08 Å². The molecular weight excluding hydrogens is 186 g/mol. The van der Waals surface area contributed by atoms with Crippen LogP contribution in [-0.4, -0.2) is 26.5 Å². The Balaban J connectivity index is 2.25. The van der Waals surface area contributed by atoms with Crippen LogP contribution < -0.4 is 5.73 Å². The molecule has 13 heavy (non-hydrogen) atoms. The average molecular weight is 203 g/mol. The van der Waals surface area contributed by atoms with Gasteiger partial charge in [0, 0.05) is 0 Å². The van der Waals surface area contributed by atoms with Crippen molar-refractivity contribution in [3.8, 4) is 0 Å². The molecule has 0 bridgehead atoms. The van der Waals surface area contributed by atoms with E-state index in [4.69, 9.17) is 5.73 Å². The Morgan fingerprint density at radius 3 is 2.69 bits per heavy atom. The van der Waals surface area contributed by atoms with Crippen molar-refractivity contribution in [1.29, 1.82) is 0 Å². The molecule has 1 atom stereocenters. The van der Waals surface area contributed by atoms with Gasteiger partial charge < -0.3 is 5.73 Å². The highest BCUT2D eigenvalue weighted by atomic mass is 32.2. The summed E-state index contributed by atoms with van der Waals surface area (Å²) in [6.07, 6.45) is 6.69. The SMILES string of the molecule is NCC/C=C\CC1CCS(=O)(=O)C1. The van der Waals surface area contributed by atoms with E-state index in [0.717, 1.165) is 19.3 Å². The molecule has 0 spiro atoms. The van der Waals surface area contributed by atoms with Crippen molar-refractivity contribution in [2.24, 2.45) is 11.7 Å². The molecule has 0 amide bonds. The average Bonchev–Trinajstić information content (AvgIpc) is 2.40. The molecule has 1 fully saturated rings. The first-order valence-corrected chi connectivity index (χ1v) is 6.51. The molecule has 3 nitrogen and oxygen atoms in total. The van der Waals surface area contributed by atoms with Crippen LogP contribution in [0.4, 0.5) is 0 Å². The van der Waals surface area contributed by atoms with Gasteiger partial charge in [0.25, 0.3) is 0 Å². The Morgan fingerprint density at radius 2 is 2.15 bits per heavy atom. The minimum Gasteiger partial charge on any atom is -0.330 e. The molecule has 0 aromatic heterocycles. The first-order valence-electron chi connectivity index (χ1n) is 4.69. The quantitative estimate of drug-likeness (QED) is 0.685. The largest absolute Gasteiger partial charge is 0.330 e. The summed E-state index contributed by atoms with van der Waals surface area (Å²) in [5.74, 6) is 1.10. The van der Waals surface area contributed by atoms with Gasteiger partial charge in [-0.05, 0) is 31.7 Å². The second-order valence-corrected chi connectivity index (χ2v) is 5.78. The molecule has 76 valence electrons. The molecule has 0 aliphatic carbocycles. The van der Waals surface area contributed by atoms with Crippen molar-refractivity contribution in [2.75, 3.05) is 18.1 Å². The van der Waals surface area contributed by atoms with E-state index >= 15 is 0 Å². The Morgan fingerprint density at radius 1 is 1.38 bits per heavy atom. The van der Waals surface area contributed by atoms with E-state index in [1.54, 1.807) is 0 Å². The number of sulfone groups is 1. The van der Waals surface area contributed by atoms with Crippen LogP contribution in [0.5, 0.6) is 0 Å². The van der Waals surface area contributed by atoms with E-state index in [1.165, 1.54) is 0 Å². The molecule has 1 heterocycles. The van der Waals surface area contributed by atoms with Gasteiger partial charge in [-0.2, -0.15) is 0 Å². The second kappa shape index (κ2) is 4.77. The predicted octanol–water partition coefficient (Wildman–Crippen LogP) is 0.716. The third kappa shape index (κ3) is 3.91. The molecule has 1 aliphatic heterocycles. The fourth-order valence-electron chi connectivity index (χ4n) is 1.56. The Labute approximate surface area is 79.9 Å². The molecule has 0 saturated carbocycles. The van der Waals surface area contributed by atoms with Crippen LogP contribution >= 0.6 is 0 Å². The first kappa shape index (κ1) is 10.7. The number of rotatable bonds is 4. The normalized spacial score (nSPS) is 27.0. The number of hydrogen-bond donors (Lipinski definition) is 1. The van der Waals surface area contributed by atoms with Crippen LogP contribution in [0.25, 0.3) is 0 Å². The van der Waals surface area contributed by atoms with Crippen LogP contribution in [0.15, 0.2) is 12.2 Å². The second-order valence-electron chi connectivity index (χ2n) is 3.55. The zero-order valence-corrected chi connectivity index (χ0v) is 8.59. The van der Waals surface area contributed by atoms with Crippen LogP contribution in [0.2, 0.25) is 0 Å². The molecule has 0 radical (unpaired) electrons. The summed E-state index contributed by atoms with van der Waals surface area (Å²) >= 11 is 0. The van der Waals surface area contributed by atoms with E-state index in [2.05, 4.69) is 6.08 Å². The van der Waals surface area contributed by atoms with Gasteiger partial charge in [0.05, 0.1) is 11.5 Å². The maximum Gasteiger partial charge on any atom is 0.150 e. The fraction of sp³-hybridized carbons (Fsp3) is 0.778. The highest BCUT2D eigenvalue weighted by Crippen LogP contribution is 2.21. The summed E-state index contributed by atoms with van der Waals surface area (Å²) in [6.45, 7) is 0.666. The van der Waals surface area contributed by atoms with Gasteiger partial charge in [-0.1, -0.05) is 12.2 Å². The number of nitrogens with two attached hydrogens (primary N) is 1. The van der Waals surface area contributed by atoms with Gasteiger partial charge in [0.15, 0.2) is 9.84 Å². The van der Waals surface area contributed by atoms with Gasteiger partial charge in [-0.15, -0.1) is 0 Å². The van der Waals surface area contributed by atoms with E-state index < -0.39 is 9.84 Å². The van der Waals surface area contributed by atoms with Gasteiger partial charge in [-0.3, -0.25) is 0 Å². The lowest BCUT2D eigenvalue weighted by Crippen LogP contribution is -2.03. The van der Waals surface area contributed by atoms with Gasteiger partial charge in [-0.25, -0.2) is 8.42 Å². The van der Waals surface area contributed by atoms with Crippen molar-refractivity contribution >= 4 is 9.84 Å². The Hall–Kier alpha value is -0.350. The van der Waals surface area contributed by atoms with Gasteiger partial charge in [0.2, 0.25) is 0 Å². The summed E-state index contributed by atoms with van der Waals surface area (Å²) in [4.78, 5) is 0. The summed E-state index contributed by atoms with van der Waals surface area (Å²) < 4.78 is 22.2. The molecular formula is C9H17NO2S. The molecule has 2 N–H and O–H groups in total. The van der Waals surface area contributed by atoms with Crippen molar-refractivity contribution < 1.29 is 8.42 Å². The molecule has 1 saturated heterocycles. The predicted molar refractivity (Wildman–Crippen MR) is 54.2 cm³/mol. The van der Waals surface area contributed by atoms with Crippen LogP contribution in [0.3, 0.4) is 0 Å². The van der Waals surface area contributed by atoms with Crippen molar-refractivity contribution in [3.63, 3.8) is 0 Å². The van der Waals surface area contributed by atoms with Crippen molar-refractivity contribution in [1.82, 2.24) is 0 Å². The van der Waals surface area contributed by atoms with E-state index in [-0.39, 0.29) is 0 Å². The smallest absolute Gasteiger partial charge is 0.150 e. The standard InChI is InChI=1S/C9H17NO2S/c10-6-3-1-2-4-9-5-7-13(11,12)8-9/h1-2,9H,3-8,10H2/b2-1-. The Bertz CT molecular complexity index is 269. The zero-order chi connectivity index (χ0) is 9.73. The zero-order valence-electron chi connectivity index (χ0n) is 7.78. The monoisotopic (exact) mass is 203 g/mol. The lowest BCUT2D eigenvalue weighted by Gasteiger charge is -2.01. The molecule has 1 unspecified atom stereocenters. The summed E-state index contributed by atoms with van der Waals surface area (Å²) in [5, 5.41) is 0. The van der Waals surface area contributed by atoms with Gasteiger partial charge >= 0.3 is 0 Å². The maximum atomic E-state index is 11.1. The summed E-state index contributed by atoms with van der Waals surface area (Å²) in [6, 6.07) is 0. The number of hydrogen-bond acceptors (Lipinski definition) is 3. The highest BCUT2D eigenvalue weighted by Gasteiger charge is 2.26. The maximum absolute atomic E-state index is 11.1. The number of allylic oxidation sites excluding steroid dienone is 1. The van der Waals surface area contributed by atoms with Gasteiger partial charge in [0.1, 0.15) is 0 Å². The van der Waals surface area contributed by atoms with E-state index in [9.17, 15) is 8.42 Å². The minimum absolute atomic E-state index is 0.346. The van der Waals surface area contributed by atoms with Crippen LogP contribution in [0, 0.1) is 5.92 Å². The molecule has 1 aliphatic rings. The fourth-order valence-corrected chi connectivity index (χ4v) is 3.44. The summed E-state index contributed by atoms with van der Waals surface area (Å²) in [7, 11) is -2.70. The van der Waals surface area contributed by atoms with Crippen LogP contribution in [0.1, 0.15) is 19.3 Å². The Kier molecular flexibility index (Phi) is 3.93. The van der Waals surface area contributed by atoms with Crippen molar-refractivity contribution in [3.05, 3.63) is 12.2 Å². The third-order valence-corrected chi connectivity index (χ3v) is 4.13. The molecule has 0 aromatic rings. The lowest BCUT2D eigenvalue weighted by molar-refractivity contribution is 0.589. The first-order chi connectivity index (χ1) is 6.14. The van der Waals surface area contributed by atoms with E-state index in [0.29, 0.717) is 24.0 Å². The lowest BCUT2D eigenvalue weighted by atomic mass is 10.1. The van der Waals surface area contributed by atoms with Crippen LogP contribution in [-0.2, 0) is 9.84 Å². The van der Waals surface area contributed by atoms with Crippen molar-refractivity contribution in [2.45, 2.75) is 19.3 Å². The topological polar surface area (TPSA) is 60.2 Å². The molecule has 1 rings (SSSR count). The molecule has 0 aromatic carbocycles. The third-order valence-electron chi connectivity index (χ3n) is 2.30. The summed E-state index contributed by atoms with van der Waals surface area (Å²) in [5.41, 5.74) is 5.32. The highest BCUT2D eigenvalue weighted by molar-refractivity contribution is 7.91.